The van der Waals surface area contributed by atoms with Crippen LogP contribution in [-0.2, 0) is 29.7 Å². The third-order valence-corrected chi connectivity index (χ3v) is 4.83. The lowest BCUT2D eigenvalue weighted by Gasteiger charge is -2.32. The molecule has 0 unspecified atom stereocenters. The van der Waals surface area contributed by atoms with Crippen molar-refractivity contribution in [3.8, 4) is 0 Å². The van der Waals surface area contributed by atoms with Crippen molar-refractivity contribution in [1.82, 2.24) is 14.8 Å². The van der Waals surface area contributed by atoms with Crippen molar-refractivity contribution in [2.75, 3.05) is 19.7 Å². The van der Waals surface area contributed by atoms with Crippen molar-refractivity contribution in [3.63, 3.8) is 0 Å². The highest BCUT2D eigenvalue weighted by molar-refractivity contribution is 5.76. The standard InChI is InChI=1S/C20H27N3O2/c1-16-8-9-18(22(16)2)13-21-20(24)12-19-15-23(10-11-25-19)14-17-6-4-3-5-7-17/h3-9,19H,10-15H2,1-2H3,(H,21,24)/t19-/m0/s1. The van der Waals surface area contributed by atoms with Crippen molar-refractivity contribution in [1.29, 1.82) is 0 Å². The fourth-order valence-corrected chi connectivity index (χ4v) is 3.20. The van der Waals surface area contributed by atoms with Gasteiger partial charge in [-0.25, -0.2) is 0 Å². The Labute approximate surface area is 149 Å². The number of carbonyl (C=O) groups excluding carboxylic acids is 1. The smallest absolute Gasteiger partial charge is 0.222 e. The van der Waals surface area contributed by atoms with Gasteiger partial charge in [-0.15, -0.1) is 0 Å². The summed E-state index contributed by atoms with van der Waals surface area (Å²) in [5, 5.41) is 3.01. The van der Waals surface area contributed by atoms with Crippen LogP contribution in [0.5, 0.6) is 0 Å². The number of hydrogen-bond donors (Lipinski definition) is 1. The first-order valence-electron chi connectivity index (χ1n) is 8.87. The van der Waals surface area contributed by atoms with Gasteiger partial charge in [-0.2, -0.15) is 0 Å². The summed E-state index contributed by atoms with van der Waals surface area (Å²) in [5.74, 6) is 0.0467. The van der Waals surface area contributed by atoms with E-state index in [2.05, 4.69) is 52.0 Å². The predicted molar refractivity (Wildman–Crippen MR) is 98.1 cm³/mol. The van der Waals surface area contributed by atoms with Gasteiger partial charge >= 0.3 is 0 Å². The van der Waals surface area contributed by atoms with Gasteiger partial charge in [0.25, 0.3) is 0 Å². The molecule has 1 aromatic heterocycles. The number of nitrogens with zero attached hydrogens (tertiary/aromatic N) is 2. The van der Waals surface area contributed by atoms with E-state index in [9.17, 15) is 4.79 Å². The van der Waals surface area contributed by atoms with Crippen molar-refractivity contribution < 1.29 is 9.53 Å². The SMILES string of the molecule is Cc1ccc(CNC(=O)C[C@H]2CN(Cc3ccccc3)CCO2)n1C. The largest absolute Gasteiger partial charge is 0.375 e. The van der Waals surface area contributed by atoms with E-state index in [1.807, 2.05) is 19.2 Å². The molecule has 1 amide bonds. The van der Waals surface area contributed by atoms with E-state index < -0.39 is 0 Å². The topological polar surface area (TPSA) is 46.5 Å². The third-order valence-electron chi connectivity index (χ3n) is 4.83. The number of hydrogen-bond acceptors (Lipinski definition) is 3. The summed E-state index contributed by atoms with van der Waals surface area (Å²) in [6.07, 6.45) is 0.377. The Kier molecular flexibility index (Phi) is 5.89. The summed E-state index contributed by atoms with van der Waals surface area (Å²) in [6, 6.07) is 14.5. The second kappa shape index (κ2) is 8.32. The van der Waals surface area contributed by atoms with Crippen LogP contribution in [0.4, 0.5) is 0 Å². The molecular formula is C20H27N3O2. The zero-order valence-electron chi connectivity index (χ0n) is 15.1. The Morgan fingerprint density at radius 3 is 2.76 bits per heavy atom. The molecule has 0 radical (unpaired) electrons. The van der Waals surface area contributed by atoms with E-state index in [0.29, 0.717) is 19.6 Å². The minimum Gasteiger partial charge on any atom is -0.375 e. The quantitative estimate of drug-likeness (QED) is 0.876. The Morgan fingerprint density at radius 2 is 2.04 bits per heavy atom. The van der Waals surface area contributed by atoms with Crippen molar-refractivity contribution >= 4 is 5.91 Å². The summed E-state index contributed by atoms with van der Waals surface area (Å²) in [6.45, 7) is 5.92. The van der Waals surface area contributed by atoms with Gasteiger partial charge in [0, 0.05) is 38.1 Å². The average Bonchev–Trinajstić information content (AvgIpc) is 2.93. The van der Waals surface area contributed by atoms with Crippen LogP contribution in [-0.4, -0.2) is 41.2 Å². The van der Waals surface area contributed by atoms with E-state index in [4.69, 9.17) is 4.74 Å². The molecule has 2 heterocycles. The molecule has 2 aromatic rings. The number of benzene rings is 1. The first-order chi connectivity index (χ1) is 12.1. The van der Waals surface area contributed by atoms with E-state index in [1.54, 1.807) is 0 Å². The van der Waals surface area contributed by atoms with Crippen molar-refractivity contribution in [3.05, 3.63) is 59.4 Å². The molecular weight excluding hydrogens is 314 g/mol. The molecule has 1 aromatic carbocycles. The Balaban J connectivity index is 1.45. The molecule has 0 bridgehead atoms. The van der Waals surface area contributed by atoms with Gasteiger partial charge in [0.15, 0.2) is 0 Å². The highest BCUT2D eigenvalue weighted by Crippen LogP contribution is 2.13. The minimum absolute atomic E-state index is 0.0346. The van der Waals surface area contributed by atoms with E-state index in [-0.39, 0.29) is 12.0 Å². The van der Waals surface area contributed by atoms with Crippen LogP contribution in [0, 0.1) is 6.92 Å². The Bertz CT molecular complexity index is 696. The fourth-order valence-electron chi connectivity index (χ4n) is 3.20. The summed E-state index contributed by atoms with van der Waals surface area (Å²) < 4.78 is 7.88. The maximum Gasteiger partial charge on any atom is 0.222 e. The lowest BCUT2D eigenvalue weighted by molar-refractivity contribution is -0.126. The highest BCUT2D eigenvalue weighted by atomic mass is 16.5. The fraction of sp³-hybridized carbons (Fsp3) is 0.450. The third kappa shape index (κ3) is 4.94. The summed E-state index contributed by atoms with van der Waals surface area (Å²) in [4.78, 5) is 14.6. The molecule has 134 valence electrons. The molecule has 0 spiro atoms. The number of aromatic nitrogens is 1. The van der Waals surface area contributed by atoms with Gasteiger partial charge in [-0.3, -0.25) is 9.69 Å². The number of ether oxygens (including phenoxy) is 1. The van der Waals surface area contributed by atoms with E-state index in [1.165, 1.54) is 11.3 Å². The number of nitrogens with one attached hydrogen (secondary N) is 1. The lowest BCUT2D eigenvalue weighted by Crippen LogP contribution is -2.44. The second-order valence-corrected chi connectivity index (χ2v) is 6.72. The average molecular weight is 341 g/mol. The van der Waals surface area contributed by atoms with Crippen molar-refractivity contribution in [2.45, 2.75) is 32.5 Å². The molecule has 25 heavy (non-hydrogen) atoms. The molecule has 3 rings (SSSR count). The number of rotatable bonds is 6. The van der Waals surface area contributed by atoms with Crippen LogP contribution in [0.2, 0.25) is 0 Å². The van der Waals surface area contributed by atoms with Gasteiger partial charge in [-0.1, -0.05) is 30.3 Å². The van der Waals surface area contributed by atoms with Gasteiger partial charge in [0.1, 0.15) is 0 Å². The maximum atomic E-state index is 12.2. The van der Waals surface area contributed by atoms with E-state index >= 15 is 0 Å². The van der Waals surface area contributed by atoms with Gasteiger partial charge in [0.05, 0.1) is 25.7 Å². The summed E-state index contributed by atoms with van der Waals surface area (Å²) in [7, 11) is 2.02. The van der Waals surface area contributed by atoms with E-state index in [0.717, 1.165) is 25.3 Å². The van der Waals surface area contributed by atoms with Gasteiger partial charge in [-0.05, 0) is 24.6 Å². The molecule has 5 nitrogen and oxygen atoms in total. The molecule has 1 atom stereocenters. The Morgan fingerprint density at radius 1 is 1.24 bits per heavy atom. The predicted octanol–water partition coefficient (Wildman–Crippen LogP) is 2.24. The number of aryl methyl sites for hydroxylation is 1. The number of carbonyl (C=O) groups is 1. The van der Waals surface area contributed by atoms with Crippen molar-refractivity contribution in [2.24, 2.45) is 7.05 Å². The highest BCUT2D eigenvalue weighted by Gasteiger charge is 2.23. The van der Waals surface area contributed by atoms with Crippen LogP contribution in [0.1, 0.15) is 23.4 Å². The zero-order chi connectivity index (χ0) is 17.6. The molecule has 5 heteroatoms. The maximum absolute atomic E-state index is 12.2. The van der Waals surface area contributed by atoms with Gasteiger partial charge in [0.2, 0.25) is 5.91 Å². The van der Waals surface area contributed by atoms with Gasteiger partial charge < -0.3 is 14.6 Å². The van der Waals surface area contributed by atoms with Crippen LogP contribution in [0.25, 0.3) is 0 Å². The molecule has 1 saturated heterocycles. The first-order valence-corrected chi connectivity index (χ1v) is 8.87. The monoisotopic (exact) mass is 341 g/mol. The van der Waals surface area contributed by atoms with Crippen LogP contribution in [0.15, 0.2) is 42.5 Å². The normalized spacial score (nSPS) is 18.2. The molecule has 1 aliphatic heterocycles. The molecule has 1 N–H and O–H groups in total. The number of morpholine rings is 1. The molecule has 1 fully saturated rings. The molecule has 0 aliphatic carbocycles. The molecule has 0 saturated carbocycles. The Hall–Kier alpha value is -2.11. The van der Waals surface area contributed by atoms with Crippen LogP contribution >= 0.6 is 0 Å². The summed E-state index contributed by atoms with van der Waals surface area (Å²) in [5.41, 5.74) is 3.60. The minimum atomic E-state index is -0.0346. The second-order valence-electron chi connectivity index (χ2n) is 6.72. The first kappa shape index (κ1) is 17.7. The summed E-state index contributed by atoms with van der Waals surface area (Å²) >= 11 is 0. The van der Waals surface area contributed by atoms with Crippen LogP contribution in [0.3, 0.4) is 0 Å². The lowest BCUT2D eigenvalue weighted by atomic mass is 10.1. The zero-order valence-corrected chi connectivity index (χ0v) is 15.1. The molecule has 1 aliphatic rings. The number of amides is 1. The van der Waals surface area contributed by atoms with Crippen LogP contribution < -0.4 is 5.32 Å².